The van der Waals surface area contributed by atoms with Crippen molar-refractivity contribution in [2.75, 3.05) is 33.4 Å². The molecule has 2 rings (SSSR count). The van der Waals surface area contributed by atoms with E-state index in [2.05, 4.69) is 43.1 Å². The van der Waals surface area contributed by atoms with E-state index in [4.69, 9.17) is 10.5 Å². The molecule has 0 saturated heterocycles. The molecule has 0 aromatic heterocycles. The Hall–Kier alpha value is -0.900. The molecule has 1 saturated carbocycles. The number of hydrogen-bond donors (Lipinski definition) is 1. The van der Waals surface area contributed by atoms with Crippen LogP contribution in [0.15, 0.2) is 24.3 Å². The monoisotopic (exact) mass is 262 g/mol. The van der Waals surface area contributed by atoms with Crippen LogP contribution < -0.4 is 5.73 Å². The van der Waals surface area contributed by atoms with Gasteiger partial charge in [0, 0.05) is 25.7 Å². The van der Waals surface area contributed by atoms with Gasteiger partial charge in [0.1, 0.15) is 0 Å². The molecule has 0 aliphatic heterocycles. The molecule has 0 spiro atoms. The number of benzene rings is 1. The van der Waals surface area contributed by atoms with Gasteiger partial charge in [-0.3, -0.25) is 0 Å². The van der Waals surface area contributed by atoms with Gasteiger partial charge < -0.3 is 15.4 Å². The quantitative estimate of drug-likeness (QED) is 0.731. The van der Waals surface area contributed by atoms with Crippen LogP contribution in [0.2, 0.25) is 0 Å². The maximum atomic E-state index is 6.24. The summed E-state index contributed by atoms with van der Waals surface area (Å²) in [7, 11) is 2.11. The summed E-state index contributed by atoms with van der Waals surface area (Å²) in [6, 6.07) is 8.53. The Balaban J connectivity index is 1.66. The Labute approximate surface area is 116 Å². The van der Waals surface area contributed by atoms with E-state index in [-0.39, 0.29) is 6.04 Å². The van der Waals surface area contributed by atoms with Crippen LogP contribution in [0.1, 0.15) is 30.0 Å². The van der Waals surface area contributed by atoms with Gasteiger partial charge in [0.15, 0.2) is 0 Å². The minimum atomic E-state index is 0.0772. The fourth-order valence-corrected chi connectivity index (χ4v) is 2.19. The lowest BCUT2D eigenvalue weighted by molar-refractivity contribution is 0.102. The summed E-state index contributed by atoms with van der Waals surface area (Å²) in [6.45, 7) is 5.68. The highest BCUT2D eigenvalue weighted by atomic mass is 16.5. The summed E-state index contributed by atoms with van der Waals surface area (Å²) in [6.07, 6.45) is 2.71. The van der Waals surface area contributed by atoms with Gasteiger partial charge in [0.25, 0.3) is 0 Å². The lowest BCUT2D eigenvalue weighted by Gasteiger charge is -2.21. The van der Waals surface area contributed by atoms with Crippen molar-refractivity contribution >= 4 is 0 Å². The molecule has 0 radical (unpaired) electrons. The summed E-state index contributed by atoms with van der Waals surface area (Å²) in [5, 5.41) is 0. The van der Waals surface area contributed by atoms with Gasteiger partial charge in [-0.1, -0.05) is 29.8 Å². The second-order valence-electron chi connectivity index (χ2n) is 5.80. The predicted molar refractivity (Wildman–Crippen MR) is 79.1 cm³/mol. The Kier molecular flexibility index (Phi) is 5.37. The van der Waals surface area contributed by atoms with Gasteiger partial charge in [-0.15, -0.1) is 0 Å². The second kappa shape index (κ2) is 7.04. The van der Waals surface area contributed by atoms with Crippen molar-refractivity contribution in [3.8, 4) is 0 Å². The average molecular weight is 262 g/mol. The molecule has 0 bridgehead atoms. The maximum absolute atomic E-state index is 6.24. The number of rotatable bonds is 8. The van der Waals surface area contributed by atoms with E-state index in [0.29, 0.717) is 0 Å². The highest BCUT2D eigenvalue weighted by molar-refractivity contribution is 5.24. The van der Waals surface area contributed by atoms with Crippen LogP contribution in [0.4, 0.5) is 0 Å². The molecule has 1 unspecified atom stereocenters. The van der Waals surface area contributed by atoms with E-state index >= 15 is 0 Å². The summed E-state index contributed by atoms with van der Waals surface area (Å²) in [5.41, 5.74) is 8.73. The molecule has 3 heteroatoms. The fourth-order valence-electron chi connectivity index (χ4n) is 2.19. The number of nitrogens with zero attached hydrogens (tertiary/aromatic N) is 1. The summed E-state index contributed by atoms with van der Waals surface area (Å²) in [5.74, 6) is 0.847. The first-order chi connectivity index (χ1) is 9.15. The van der Waals surface area contributed by atoms with Crippen LogP contribution in [0.5, 0.6) is 0 Å². The highest BCUT2D eigenvalue weighted by Gasteiger charge is 2.21. The molecule has 19 heavy (non-hydrogen) atoms. The van der Waals surface area contributed by atoms with Crippen LogP contribution >= 0.6 is 0 Å². The molecule has 1 aromatic carbocycles. The van der Waals surface area contributed by atoms with Crippen molar-refractivity contribution < 1.29 is 4.74 Å². The number of hydrogen-bond acceptors (Lipinski definition) is 3. The van der Waals surface area contributed by atoms with E-state index in [1.165, 1.54) is 24.0 Å². The van der Waals surface area contributed by atoms with E-state index in [0.717, 1.165) is 32.2 Å². The van der Waals surface area contributed by atoms with Crippen molar-refractivity contribution in [3.63, 3.8) is 0 Å². The molecule has 2 N–H and O–H groups in total. The predicted octanol–water partition coefficient (Wildman–Crippen LogP) is 2.35. The Morgan fingerprint density at radius 3 is 2.89 bits per heavy atom. The summed E-state index contributed by atoms with van der Waals surface area (Å²) >= 11 is 0. The van der Waals surface area contributed by atoms with Crippen molar-refractivity contribution in [1.82, 2.24) is 4.90 Å². The molecular formula is C16H26N2O. The molecule has 1 atom stereocenters. The van der Waals surface area contributed by atoms with E-state index in [1.807, 2.05) is 0 Å². The molecular weight excluding hydrogens is 236 g/mol. The third kappa shape index (κ3) is 5.31. The molecule has 3 nitrogen and oxygen atoms in total. The van der Waals surface area contributed by atoms with Gasteiger partial charge in [-0.05, 0) is 38.3 Å². The van der Waals surface area contributed by atoms with Crippen molar-refractivity contribution in [2.24, 2.45) is 11.7 Å². The largest absolute Gasteiger partial charge is 0.380 e. The van der Waals surface area contributed by atoms with Crippen molar-refractivity contribution in [2.45, 2.75) is 25.8 Å². The SMILES string of the molecule is Cc1cccc(C(N)CN(C)CCOCC2CC2)c1. The van der Waals surface area contributed by atoms with Crippen LogP contribution in [-0.2, 0) is 4.74 Å². The van der Waals surface area contributed by atoms with E-state index in [9.17, 15) is 0 Å². The zero-order valence-corrected chi connectivity index (χ0v) is 12.1. The number of aryl methyl sites for hydroxylation is 1. The van der Waals surface area contributed by atoms with Gasteiger partial charge in [0.05, 0.1) is 6.61 Å². The number of ether oxygens (including phenoxy) is 1. The second-order valence-corrected chi connectivity index (χ2v) is 5.80. The average Bonchev–Trinajstić information content (AvgIpc) is 3.18. The molecule has 106 valence electrons. The topological polar surface area (TPSA) is 38.5 Å². The summed E-state index contributed by atoms with van der Waals surface area (Å²) < 4.78 is 5.65. The van der Waals surface area contributed by atoms with Crippen molar-refractivity contribution in [3.05, 3.63) is 35.4 Å². The van der Waals surface area contributed by atoms with Gasteiger partial charge in [-0.25, -0.2) is 0 Å². The molecule has 1 aliphatic carbocycles. The van der Waals surface area contributed by atoms with Crippen LogP contribution in [0.25, 0.3) is 0 Å². The lowest BCUT2D eigenvalue weighted by atomic mass is 10.0. The Morgan fingerprint density at radius 1 is 1.42 bits per heavy atom. The van der Waals surface area contributed by atoms with E-state index in [1.54, 1.807) is 0 Å². The van der Waals surface area contributed by atoms with Crippen molar-refractivity contribution in [1.29, 1.82) is 0 Å². The molecule has 0 amide bonds. The highest BCUT2D eigenvalue weighted by Crippen LogP contribution is 2.28. The van der Waals surface area contributed by atoms with E-state index < -0.39 is 0 Å². The number of nitrogens with two attached hydrogens (primary N) is 1. The zero-order chi connectivity index (χ0) is 13.7. The van der Waals surface area contributed by atoms with Crippen LogP contribution in [0.3, 0.4) is 0 Å². The molecule has 1 fully saturated rings. The first-order valence-corrected chi connectivity index (χ1v) is 7.23. The van der Waals surface area contributed by atoms with Gasteiger partial charge in [-0.2, -0.15) is 0 Å². The summed E-state index contributed by atoms with van der Waals surface area (Å²) in [4.78, 5) is 2.25. The van der Waals surface area contributed by atoms with Crippen LogP contribution in [0, 0.1) is 12.8 Å². The molecule has 1 aliphatic rings. The minimum absolute atomic E-state index is 0.0772. The normalized spacial score (nSPS) is 16.8. The standard InChI is InChI=1S/C16H26N2O/c1-13-4-3-5-15(10-13)16(17)11-18(2)8-9-19-12-14-6-7-14/h3-5,10,14,16H,6-9,11-12,17H2,1-2H3. The fraction of sp³-hybridized carbons (Fsp3) is 0.625. The first kappa shape index (κ1) is 14.5. The zero-order valence-electron chi connectivity index (χ0n) is 12.1. The number of likely N-dealkylation sites (N-methyl/N-ethyl adjacent to an activating group) is 1. The smallest absolute Gasteiger partial charge is 0.0593 e. The Morgan fingerprint density at radius 2 is 2.21 bits per heavy atom. The molecule has 1 aromatic rings. The third-order valence-corrected chi connectivity index (χ3v) is 3.65. The van der Waals surface area contributed by atoms with Crippen LogP contribution in [-0.4, -0.2) is 38.3 Å². The van der Waals surface area contributed by atoms with Gasteiger partial charge >= 0.3 is 0 Å². The van der Waals surface area contributed by atoms with Gasteiger partial charge in [0.2, 0.25) is 0 Å². The lowest BCUT2D eigenvalue weighted by Crippen LogP contribution is -2.31. The minimum Gasteiger partial charge on any atom is -0.380 e. The molecule has 0 heterocycles. The maximum Gasteiger partial charge on any atom is 0.0593 e. The Bertz CT molecular complexity index is 390. The third-order valence-electron chi connectivity index (χ3n) is 3.65. The first-order valence-electron chi connectivity index (χ1n) is 7.23.